The average Bonchev–Trinajstić information content (AvgIpc) is 2.98. The van der Waals surface area contributed by atoms with Crippen molar-refractivity contribution >= 4 is 11.8 Å². The first kappa shape index (κ1) is 15.3. The summed E-state index contributed by atoms with van der Waals surface area (Å²) in [6, 6.07) is 0. The fourth-order valence-corrected chi connectivity index (χ4v) is 3.21. The summed E-state index contributed by atoms with van der Waals surface area (Å²) in [5.41, 5.74) is -0.747. The van der Waals surface area contributed by atoms with Crippen molar-refractivity contribution < 1.29 is 14.7 Å². The van der Waals surface area contributed by atoms with Gasteiger partial charge >= 0.3 is 0 Å². The van der Waals surface area contributed by atoms with E-state index in [1.165, 1.54) is 0 Å². The first-order valence-electron chi connectivity index (χ1n) is 7.86. The minimum Gasteiger partial charge on any atom is -0.388 e. The number of carbonyl (C=O) groups excluding carboxylic acids is 2. The van der Waals surface area contributed by atoms with Gasteiger partial charge < -0.3 is 15.7 Å². The van der Waals surface area contributed by atoms with Crippen molar-refractivity contribution in [3.63, 3.8) is 0 Å². The van der Waals surface area contributed by atoms with E-state index in [-0.39, 0.29) is 24.3 Å². The highest BCUT2D eigenvalue weighted by molar-refractivity contribution is 5.85. The van der Waals surface area contributed by atoms with E-state index in [1.54, 1.807) is 0 Å². The van der Waals surface area contributed by atoms with Crippen LogP contribution in [-0.4, -0.2) is 35.6 Å². The standard InChI is InChI=1S/C15H26N2O3/c18-13(10-16-14(19)12-6-2-3-7-12)17-11-15(20)8-4-1-5-9-15/h12,20H,1-11H2,(H,16,19)(H,17,18). The number of nitrogens with one attached hydrogen (secondary N) is 2. The molecule has 0 unspecified atom stereocenters. The number of hydrogen-bond acceptors (Lipinski definition) is 3. The van der Waals surface area contributed by atoms with Crippen LogP contribution in [0.2, 0.25) is 0 Å². The molecule has 0 aliphatic heterocycles. The van der Waals surface area contributed by atoms with E-state index in [1.807, 2.05) is 0 Å². The summed E-state index contributed by atoms with van der Waals surface area (Å²) in [7, 11) is 0. The van der Waals surface area contributed by atoms with Crippen LogP contribution in [0.25, 0.3) is 0 Å². The van der Waals surface area contributed by atoms with Crippen molar-refractivity contribution in [1.82, 2.24) is 10.6 Å². The summed E-state index contributed by atoms with van der Waals surface area (Å²) >= 11 is 0. The molecule has 0 radical (unpaired) electrons. The van der Waals surface area contributed by atoms with Crippen molar-refractivity contribution in [2.75, 3.05) is 13.1 Å². The summed E-state index contributed by atoms with van der Waals surface area (Å²) in [6.07, 6.45) is 8.79. The van der Waals surface area contributed by atoms with E-state index >= 15 is 0 Å². The third-order valence-electron chi connectivity index (χ3n) is 4.55. The van der Waals surface area contributed by atoms with Crippen molar-refractivity contribution in [1.29, 1.82) is 0 Å². The van der Waals surface area contributed by atoms with Gasteiger partial charge in [0, 0.05) is 12.5 Å². The van der Waals surface area contributed by atoms with Gasteiger partial charge in [0.15, 0.2) is 0 Å². The molecule has 2 aliphatic carbocycles. The highest BCUT2D eigenvalue weighted by Gasteiger charge is 2.29. The fourth-order valence-electron chi connectivity index (χ4n) is 3.21. The molecule has 0 aromatic heterocycles. The van der Waals surface area contributed by atoms with Crippen LogP contribution in [0.15, 0.2) is 0 Å². The Balaban J connectivity index is 1.63. The van der Waals surface area contributed by atoms with Gasteiger partial charge in [-0.05, 0) is 25.7 Å². The van der Waals surface area contributed by atoms with E-state index in [9.17, 15) is 14.7 Å². The number of aliphatic hydroxyl groups is 1. The molecule has 2 amide bonds. The lowest BCUT2D eigenvalue weighted by atomic mass is 9.85. The molecule has 0 heterocycles. The Kier molecular flexibility index (Phi) is 5.40. The third kappa shape index (κ3) is 4.47. The topological polar surface area (TPSA) is 78.4 Å². The van der Waals surface area contributed by atoms with Crippen LogP contribution < -0.4 is 10.6 Å². The van der Waals surface area contributed by atoms with Gasteiger partial charge in [-0.1, -0.05) is 32.1 Å². The van der Waals surface area contributed by atoms with Crippen molar-refractivity contribution in [2.24, 2.45) is 5.92 Å². The normalized spacial score (nSPS) is 22.4. The maximum atomic E-state index is 11.8. The largest absolute Gasteiger partial charge is 0.388 e. The Bertz CT molecular complexity index is 345. The lowest BCUT2D eigenvalue weighted by Gasteiger charge is -2.32. The predicted octanol–water partition coefficient (Wildman–Crippen LogP) is 1.10. The van der Waals surface area contributed by atoms with Gasteiger partial charge in [0.1, 0.15) is 0 Å². The Morgan fingerprint density at radius 2 is 1.65 bits per heavy atom. The summed E-state index contributed by atoms with van der Waals surface area (Å²) < 4.78 is 0. The van der Waals surface area contributed by atoms with Crippen LogP contribution >= 0.6 is 0 Å². The Morgan fingerprint density at radius 1 is 1.00 bits per heavy atom. The molecule has 0 saturated heterocycles. The average molecular weight is 282 g/mol. The Labute approximate surface area is 120 Å². The predicted molar refractivity (Wildman–Crippen MR) is 76.0 cm³/mol. The van der Waals surface area contributed by atoms with E-state index in [2.05, 4.69) is 10.6 Å². The van der Waals surface area contributed by atoms with Crippen LogP contribution in [0.3, 0.4) is 0 Å². The Hall–Kier alpha value is -1.10. The summed E-state index contributed by atoms with van der Waals surface area (Å²) in [5.74, 6) is -0.130. The molecule has 0 bridgehead atoms. The first-order valence-corrected chi connectivity index (χ1v) is 7.86. The maximum absolute atomic E-state index is 11.8. The van der Waals surface area contributed by atoms with Gasteiger partial charge in [-0.3, -0.25) is 9.59 Å². The molecule has 20 heavy (non-hydrogen) atoms. The Morgan fingerprint density at radius 3 is 2.30 bits per heavy atom. The lowest BCUT2D eigenvalue weighted by Crippen LogP contribution is -2.47. The number of amides is 2. The molecule has 2 aliphatic rings. The smallest absolute Gasteiger partial charge is 0.239 e. The van der Waals surface area contributed by atoms with E-state index in [0.29, 0.717) is 6.54 Å². The molecule has 114 valence electrons. The molecular formula is C15H26N2O3. The minimum absolute atomic E-state index is 0.00553. The van der Waals surface area contributed by atoms with E-state index < -0.39 is 5.60 Å². The van der Waals surface area contributed by atoms with Crippen molar-refractivity contribution in [3.05, 3.63) is 0 Å². The second kappa shape index (κ2) is 7.07. The highest BCUT2D eigenvalue weighted by Crippen LogP contribution is 2.27. The number of hydrogen-bond donors (Lipinski definition) is 3. The highest BCUT2D eigenvalue weighted by atomic mass is 16.3. The van der Waals surface area contributed by atoms with Crippen LogP contribution in [0.4, 0.5) is 0 Å². The second-order valence-electron chi connectivity index (χ2n) is 6.26. The zero-order valence-electron chi connectivity index (χ0n) is 12.1. The molecule has 0 aromatic rings. The summed E-state index contributed by atoms with van der Waals surface area (Å²) in [4.78, 5) is 23.5. The van der Waals surface area contributed by atoms with Crippen LogP contribution in [0, 0.1) is 5.92 Å². The van der Waals surface area contributed by atoms with Gasteiger partial charge in [0.2, 0.25) is 11.8 Å². The van der Waals surface area contributed by atoms with E-state index in [0.717, 1.165) is 57.8 Å². The van der Waals surface area contributed by atoms with Crippen LogP contribution in [0.1, 0.15) is 57.8 Å². The molecule has 2 fully saturated rings. The molecule has 5 heteroatoms. The van der Waals surface area contributed by atoms with Gasteiger partial charge in [0.05, 0.1) is 12.1 Å². The molecular weight excluding hydrogens is 256 g/mol. The van der Waals surface area contributed by atoms with Gasteiger partial charge in [-0.25, -0.2) is 0 Å². The summed E-state index contributed by atoms with van der Waals surface area (Å²) in [5, 5.41) is 15.7. The minimum atomic E-state index is -0.747. The van der Waals surface area contributed by atoms with Crippen molar-refractivity contribution in [2.45, 2.75) is 63.4 Å². The van der Waals surface area contributed by atoms with Crippen molar-refractivity contribution in [3.8, 4) is 0 Å². The SMILES string of the molecule is O=C(CNC(=O)C1CCCC1)NCC1(O)CCCCC1. The van der Waals surface area contributed by atoms with E-state index in [4.69, 9.17) is 0 Å². The molecule has 3 N–H and O–H groups in total. The second-order valence-corrected chi connectivity index (χ2v) is 6.26. The zero-order valence-corrected chi connectivity index (χ0v) is 12.1. The molecule has 5 nitrogen and oxygen atoms in total. The molecule has 0 aromatic carbocycles. The van der Waals surface area contributed by atoms with Crippen LogP contribution in [-0.2, 0) is 9.59 Å². The quantitative estimate of drug-likeness (QED) is 0.706. The summed E-state index contributed by atoms with van der Waals surface area (Å²) in [6.45, 7) is 0.316. The lowest BCUT2D eigenvalue weighted by molar-refractivity contribution is -0.129. The zero-order chi connectivity index (χ0) is 14.4. The van der Waals surface area contributed by atoms with Gasteiger partial charge in [-0.2, -0.15) is 0 Å². The molecule has 0 spiro atoms. The number of carbonyl (C=O) groups is 2. The van der Waals surface area contributed by atoms with Gasteiger partial charge in [0.25, 0.3) is 0 Å². The molecule has 0 atom stereocenters. The first-order chi connectivity index (χ1) is 9.59. The monoisotopic (exact) mass is 282 g/mol. The molecule has 2 saturated carbocycles. The van der Waals surface area contributed by atoms with Crippen LogP contribution in [0.5, 0.6) is 0 Å². The maximum Gasteiger partial charge on any atom is 0.239 e. The van der Waals surface area contributed by atoms with Gasteiger partial charge in [-0.15, -0.1) is 0 Å². The molecule has 2 rings (SSSR count). The third-order valence-corrected chi connectivity index (χ3v) is 4.55. The number of rotatable bonds is 5. The fraction of sp³-hybridized carbons (Fsp3) is 0.867.